The predicted molar refractivity (Wildman–Crippen MR) is 129 cm³/mol. The molecule has 0 aliphatic carbocycles. The van der Waals surface area contributed by atoms with Crippen molar-refractivity contribution < 1.29 is 22.7 Å². The monoisotopic (exact) mass is 474 g/mol. The lowest BCUT2D eigenvalue weighted by Crippen LogP contribution is -2.46. The number of amides is 1. The molecule has 0 unspecified atom stereocenters. The largest absolute Gasteiger partial charge is 0.493 e. The molecule has 8 heteroatoms. The second kappa shape index (κ2) is 11.5. The van der Waals surface area contributed by atoms with E-state index in [2.05, 4.69) is 5.32 Å². The summed E-state index contributed by atoms with van der Waals surface area (Å²) >= 11 is 0. The number of sulfonamides is 1. The number of benzene rings is 2. The molecule has 0 spiro atoms. The Bertz CT molecular complexity index is 1030. The zero-order valence-corrected chi connectivity index (χ0v) is 20.4. The summed E-state index contributed by atoms with van der Waals surface area (Å²) in [5.74, 6) is 0.839. The van der Waals surface area contributed by atoms with Crippen LogP contribution in [-0.2, 0) is 21.2 Å². The SMILES string of the molecule is COc1ccc([C@H](C)NC(=O)[C@H]2CCCN(S(=O)(=O)CCCc3ccccc3)C2)cc1OC. The molecule has 1 heterocycles. The molecule has 0 aromatic heterocycles. The molecule has 2 aromatic rings. The van der Waals surface area contributed by atoms with E-state index in [4.69, 9.17) is 9.47 Å². The molecule has 1 fully saturated rings. The van der Waals surface area contributed by atoms with Crippen molar-refractivity contribution in [3.8, 4) is 11.5 Å². The van der Waals surface area contributed by atoms with Crippen LogP contribution >= 0.6 is 0 Å². The highest BCUT2D eigenvalue weighted by Gasteiger charge is 2.32. The number of rotatable bonds is 10. The van der Waals surface area contributed by atoms with Crippen LogP contribution in [0.15, 0.2) is 48.5 Å². The standard InChI is InChI=1S/C25H34N2O5S/c1-19(21-13-14-23(31-2)24(17-21)32-3)26-25(28)22-12-7-15-27(18-22)33(29,30)16-8-11-20-9-5-4-6-10-20/h4-6,9-10,13-14,17,19,22H,7-8,11-12,15-16,18H2,1-3H3,(H,26,28)/t19-,22-/m0/s1. The lowest BCUT2D eigenvalue weighted by molar-refractivity contribution is -0.126. The smallest absolute Gasteiger partial charge is 0.224 e. The Labute approximate surface area is 197 Å². The van der Waals surface area contributed by atoms with Crippen molar-refractivity contribution in [1.29, 1.82) is 0 Å². The van der Waals surface area contributed by atoms with Gasteiger partial charge in [0.2, 0.25) is 15.9 Å². The van der Waals surface area contributed by atoms with Gasteiger partial charge >= 0.3 is 0 Å². The first-order chi connectivity index (χ1) is 15.8. The highest BCUT2D eigenvalue weighted by Crippen LogP contribution is 2.30. The molecule has 7 nitrogen and oxygen atoms in total. The van der Waals surface area contributed by atoms with Crippen LogP contribution in [0.3, 0.4) is 0 Å². The highest BCUT2D eigenvalue weighted by atomic mass is 32.2. The molecule has 33 heavy (non-hydrogen) atoms. The highest BCUT2D eigenvalue weighted by molar-refractivity contribution is 7.89. The Morgan fingerprint density at radius 3 is 2.55 bits per heavy atom. The van der Waals surface area contributed by atoms with Crippen LogP contribution in [0.4, 0.5) is 0 Å². The van der Waals surface area contributed by atoms with E-state index >= 15 is 0 Å². The van der Waals surface area contributed by atoms with Crippen molar-refractivity contribution in [3.63, 3.8) is 0 Å². The number of methoxy groups -OCH3 is 2. The summed E-state index contributed by atoms with van der Waals surface area (Å²) in [4.78, 5) is 12.9. The van der Waals surface area contributed by atoms with Gasteiger partial charge in [0.15, 0.2) is 11.5 Å². The van der Waals surface area contributed by atoms with Crippen molar-refractivity contribution in [2.45, 2.75) is 38.6 Å². The van der Waals surface area contributed by atoms with Gasteiger partial charge in [0, 0.05) is 13.1 Å². The third kappa shape index (κ3) is 6.71. The molecular weight excluding hydrogens is 440 g/mol. The normalized spacial score (nSPS) is 17.8. The minimum atomic E-state index is -3.39. The van der Waals surface area contributed by atoms with Gasteiger partial charge in [-0.2, -0.15) is 0 Å². The van der Waals surface area contributed by atoms with Gasteiger partial charge < -0.3 is 14.8 Å². The minimum absolute atomic E-state index is 0.0955. The van der Waals surface area contributed by atoms with Crippen LogP contribution < -0.4 is 14.8 Å². The van der Waals surface area contributed by atoms with Crippen LogP contribution in [0.2, 0.25) is 0 Å². The summed E-state index contributed by atoms with van der Waals surface area (Å²) in [6.45, 7) is 2.61. The third-order valence-electron chi connectivity index (χ3n) is 6.13. The second-order valence-electron chi connectivity index (χ2n) is 8.45. The van der Waals surface area contributed by atoms with Crippen molar-refractivity contribution in [1.82, 2.24) is 9.62 Å². The Morgan fingerprint density at radius 1 is 1.12 bits per heavy atom. The molecule has 3 rings (SSSR count). The number of aryl methyl sites for hydroxylation is 1. The maximum atomic E-state index is 12.9. The van der Waals surface area contributed by atoms with Crippen molar-refractivity contribution in [3.05, 3.63) is 59.7 Å². The maximum Gasteiger partial charge on any atom is 0.224 e. The van der Waals surface area contributed by atoms with Crippen molar-refractivity contribution >= 4 is 15.9 Å². The fourth-order valence-electron chi connectivity index (χ4n) is 4.18. The molecule has 0 radical (unpaired) electrons. The Balaban J connectivity index is 1.56. The Kier molecular flexibility index (Phi) is 8.74. The summed E-state index contributed by atoms with van der Waals surface area (Å²) in [7, 11) is -0.246. The summed E-state index contributed by atoms with van der Waals surface area (Å²) in [6.07, 6.45) is 2.65. The summed E-state index contributed by atoms with van der Waals surface area (Å²) in [5.41, 5.74) is 2.02. The molecule has 1 saturated heterocycles. The van der Waals surface area contributed by atoms with Crippen LogP contribution in [0, 0.1) is 5.92 Å². The van der Waals surface area contributed by atoms with Crippen LogP contribution in [0.1, 0.15) is 43.4 Å². The summed E-state index contributed by atoms with van der Waals surface area (Å²) < 4.78 is 37.9. The predicted octanol–water partition coefficient (Wildman–Crippen LogP) is 3.56. The minimum Gasteiger partial charge on any atom is -0.493 e. The topological polar surface area (TPSA) is 84.9 Å². The van der Waals surface area contributed by atoms with Gasteiger partial charge in [0.25, 0.3) is 0 Å². The van der Waals surface area contributed by atoms with Gasteiger partial charge in [-0.25, -0.2) is 12.7 Å². The van der Waals surface area contributed by atoms with Crippen LogP contribution in [0.5, 0.6) is 11.5 Å². The number of piperidine rings is 1. The first-order valence-electron chi connectivity index (χ1n) is 11.4. The van der Waals surface area contributed by atoms with Crippen molar-refractivity contribution in [2.24, 2.45) is 5.92 Å². The van der Waals surface area contributed by atoms with Crippen LogP contribution in [-0.4, -0.2) is 51.7 Å². The quantitative estimate of drug-likeness (QED) is 0.569. The average Bonchev–Trinajstić information content (AvgIpc) is 2.84. The average molecular weight is 475 g/mol. The fourth-order valence-corrected chi connectivity index (χ4v) is 5.76. The van der Waals surface area contributed by atoms with E-state index < -0.39 is 10.0 Å². The van der Waals surface area contributed by atoms with E-state index in [0.717, 1.165) is 17.5 Å². The number of hydrogen-bond donors (Lipinski definition) is 1. The summed E-state index contributed by atoms with van der Waals surface area (Å²) in [6, 6.07) is 15.2. The third-order valence-corrected chi connectivity index (χ3v) is 8.05. The second-order valence-corrected chi connectivity index (χ2v) is 10.5. The van der Waals surface area contributed by atoms with Gasteiger partial charge in [0.1, 0.15) is 0 Å². The molecule has 1 N–H and O–H groups in total. The maximum absolute atomic E-state index is 12.9. The van der Waals surface area contributed by atoms with E-state index in [9.17, 15) is 13.2 Å². The van der Waals surface area contributed by atoms with E-state index in [-0.39, 0.29) is 30.2 Å². The lowest BCUT2D eigenvalue weighted by atomic mass is 9.98. The molecule has 1 aliphatic heterocycles. The van der Waals surface area contributed by atoms with Gasteiger partial charge in [-0.05, 0) is 55.9 Å². The summed E-state index contributed by atoms with van der Waals surface area (Å²) in [5, 5.41) is 3.03. The number of nitrogens with zero attached hydrogens (tertiary/aromatic N) is 1. The number of carbonyl (C=O) groups excluding carboxylic acids is 1. The molecule has 1 amide bonds. The van der Waals surface area contributed by atoms with Gasteiger partial charge in [-0.3, -0.25) is 4.79 Å². The Morgan fingerprint density at radius 2 is 1.85 bits per heavy atom. The number of nitrogens with one attached hydrogen (secondary N) is 1. The molecule has 0 bridgehead atoms. The van der Waals surface area contributed by atoms with E-state index in [1.165, 1.54) is 4.31 Å². The number of hydrogen-bond acceptors (Lipinski definition) is 5. The van der Waals surface area contributed by atoms with Gasteiger partial charge in [0.05, 0.1) is 31.9 Å². The number of ether oxygens (including phenoxy) is 2. The van der Waals surface area contributed by atoms with E-state index in [0.29, 0.717) is 37.3 Å². The van der Waals surface area contributed by atoms with Gasteiger partial charge in [-0.1, -0.05) is 36.4 Å². The molecular formula is C25H34N2O5S. The zero-order chi connectivity index (χ0) is 23.8. The molecule has 180 valence electrons. The van der Waals surface area contributed by atoms with E-state index in [1.807, 2.05) is 49.4 Å². The molecule has 1 aliphatic rings. The number of carbonyl (C=O) groups is 1. The molecule has 2 aromatic carbocycles. The Hall–Kier alpha value is -2.58. The zero-order valence-electron chi connectivity index (χ0n) is 19.6. The van der Waals surface area contributed by atoms with Crippen molar-refractivity contribution in [2.75, 3.05) is 33.1 Å². The van der Waals surface area contributed by atoms with Gasteiger partial charge in [-0.15, -0.1) is 0 Å². The first-order valence-corrected chi connectivity index (χ1v) is 13.0. The van der Waals surface area contributed by atoms with Crippen LogP contribution in [0.25, 0.3) is 0 Å². The first kappa shape index (κ1) is 25.1. The lowest BCUT2D eigenvalue weighted by Gasteiger charge is -2.32. The molecule has 0 saturated carbocycles. The fraction of sp³-hybridized carbons (Fsp3) is 0.480. The molecule has 2 atom stereocenters. The van der Waals surface area contributed by atoms with E-state index in [1.54, 1.807) is 20.3 Å².